The molecule has 1 rings (SSSR count). The molecule has 0 saturated carbocycles. The number of carbonyl (C=O) groups is 1. The maximum Gasteiger partial charge on any atom is 0.245 e. The topological polar surface area (TPSA) is 17.1 Å². The molecular formula is C16H24OSSi. The van der Waals surface area contributed by atoms with Gasteiger partial charge in [-0.1, -0.05) is 47.6 Å². The third-order valence-electron chi connectivity index (χ3n) is 4.00. The van der Waals surface area contributed by atoms with E-state index in [1.807, 2.05) is 17.5 Å². The van der Waals surface area contributed by atoms with E-state index in [2.05, 4.69) is 53.0 Å². The summed E-state index contributed by atoms with van der Waals surface area (Å²) in [7, 11) is -1.78. The zero-order valence-electron chi connectivity index (χ0n) is 12.8. The summed E-state index contributed by atoms with van der Waals surface area (Å²) >= 11 is 1.47. The zero-order chi connectivity index (χ0) is 14.6. The summed E-state index contributed by atoms with van der Waals surface area (Å²) in [6, 6.07) is 3.75. The lowest BCUT2D eigenvalue weighted by atomic mass is 10.3. The van der Waals surface area contributed by atoms with Crippen LogP contribution in [0.3, 0.4) is 0 Å². The third-order valence-corrected chi connectivity index (χ3v) is 11.2. The van der Waals surface area contributed by atoms with Crippen LogP contribution in [0, 0.1) is 11.5 Å². The largest absolute Gasteiger partial charge is 0.278 e. The highest BCUT2D eigenvalue weighted by molar-refractivity contribution is 7.12. The van der Waals surface area contributed by atoms with Crippen LogP contribution in [0.1, 0.15) is 51.2 Å². The highest BCUT2D eigenvalue weighted by Crippen LogP contribution is 2.40. The molecular weight excluding hydrogens is 268 g/mol. The molecule has 104 valence electrons. The second-order valence-electron chi connectivity index (χ2n) is 5.95. The van der Waals surface area contributed by atoms with Crippen molar-refractivity contribution in [1.29, 1.82) is 0 Å². The van der Waals surface area contributed by atoms with Crippen molar-refractivity contribution in [3.63, 3.8) is 0 Å². The smallest absolute Gasteiger partial charge is 0.245 e. The van der Waals surface area contributed by atoms with E-state index in [0.717, 1.165) is 4.88 Å². The van der Waals surface area contributed by atoms with E-state index < -0.39 is 8.07 Å². The second kappa shape index (κ2) is 6.54. The van der Waals surface area contributed by atoms with Gasteiger partial charge in [0, 0.05) is 0 Å². The first-order valence-corrected chi connectivity index (χ1v) is 10.0. The highest BCUT2D eigenvalue weighted by Gasteiger charge is 2.41. The van der Waals surface area contributed by atoms with E-state index in [1.165, 1.54) is 11.3 Å². The molecule has 0 saturated heterocycles. The van der Waals surface area contributed by atoms with E-state index >= 15 is 0 Å². The van der Waals surface area contributed by atoms with Crippen molar-refractivity contribution in [2.24, 2.45) is 0 Å². The molecule has 1 nitrogen and oxygen atoms in total. The molecule has 1 aromatic rings. The Hall–Kier alpha value is -0.853. The first-order chi connectivity index (χ1) is 8.82. The molecule has 0 spiro atoms. The zero-order valence-corrected chi connectivity index (χ0v) is 14.6. The van der Waals surface area contributed by atoms with E-state index in [0.29, 0.717) is 16.6 Å². The monoisotopic (exact) mass is 292 g/mol. The minimum atomic E-state index is -1.78. The number of rotatable bonds is 4. The molecule has 0 aliphatic carbocycles. The number of ketones is 1. The number of thiophene rings is 1. The number of Topliss-reactive ketones (excluding diaryl/α,β-unsaturated/α-hetero) is 1. The maximum atomic E-state index is 12.1. The molecule has 0 unspecified atom stereocenters. The maximum absolute atomic E-state index is 12.1. The Morgan fingerprint density at radius 1 is 1.11 bits per heavy atom. The van der Waals surface area contributed by atoms with Crippen LogP contribution < -0.4 is 0 Å². The Morgan fingerprint density at radius 3 is 2.00 bits per heavy atom. The SMILES string of the molecule is CC(C)[Si](C#CC(=O)c1cccs1)(C(C)C)C(C)C. The van der Waals surface area contributed by atoms with Gasteiger partial charge in [-0.25, -0.2) is 0 Å². The molecule has 0 amide bonds. The average Bonchev–Trinajstić information content (AvgIpc) is 2.81. The van der Waals surface area contributed by atoms with Gasteiger partial charge in [-0.05, 0) is 34.0 Å². The van der Waals surface area contributed by atoms with Crippen molar-refractivity contribution in [3.8, 4) is 11.5 Å². The fraction of sp³-hybridized carbons (Fsp3) is 0.562. The van der Waals surface area contributed by atoms with Crippen LogP contribution in [-0.4, -0.2) is 13.9 Å². The summed E-state index contributed by atoms with van der Waals surface area (Å²) in [5, 5.41) is 1.92. The molecule has 0 atom stereocenters. The minimum absolute atomic E-state index is 0.0196. The Balaban J connectivity index is 3.13. The lowest BCUT2D eigenvalue weighted by Gasteiger charge is -2.37. The summed E-state index contributed by atoms with van der Waals surface area (Å²) in [5.41, 5.74) is 5.16. The summed E-state index contributed by atoms with van der Waals surface area (Å²) in [5.74, 6) is 2.93. The average molecular weight is 293 g/mol. The highest BCUT2D eigenvalue weighted by atomic mass is 32.1. The first-order valence-electron chi connectivity index (χ1n) is 6.93. The molecule has 1 heterocycles. The van der Waals surface area contributed by atoms with Crippen molar-refractivity contribution in [3.05, 3.63) is 22.4 Å². The molecule has 0 bridgehead atoms. The minimum Gasteiger partial charge on any atom is -0.278 e. The predicted octanol–water partition coefficient (Wildman–Crippen LogP) is 5.15. The van der Waals surface area contributed by atoms with Gasteiger partial charge in [0.25, 0.3) is 0 Å². The lowest BCUT2D eigenvalue weighted by molar-refractivity contribution is 0.106. The van der Waals surface area contributed by atoms with Gasteiger partial charge in [0.05, 0.1) is 4.88 Å². The fourth-order valence-corrected chi connectivity index (χ4v) is 8.88. The quantitative estimate of drug-likeness (QED) is 0.426. The van der Waals surface area contributed by atoms with E-state index in [4.69, 9.17) is 0 Å². The van der Waals surface area contributed by atoms with Gasteiger partial charge in [-0.3, -0.25) is 4.79 Å². The van der Waals surface area contributed by atoms with Crippen LogP contribution in [0.15, 0.2) is 17.5 Å². The van der Waals surface area contributed by atoms with Crippen LogP contribution in [-0.2, 0) is 0 Å². The number of hydrogen-bond donors (Lipinski definition) is 0. The molecule has 0 aliphatic heterocycles. The van der Waals surface area contributed by atoms with Gasteiger partial charge in [0.1, 0.15) is 8.07 Å². The molecule has 0 aliphatic rings. The van der Waals surface area contributed by atoms with Crippen LogP contribution >= 0.6 is 11.3 Å². The van der Waals surface area contributed by atoms with Gasteiger partial charge in [0.2, 0.25) is 5.78 Å². The van der Waals surface area contributed by atoms with Crippen LogP contribution in [0.4, 0.5) is 0 Å². The first kappa shape index (κ1) is 16.2. The van der Waals surface area contributed by atoms with Crippen LogP contribution in [0.2, 0.25) is 16.6 Å². The fourth-order valence-electron chi connectivity index (χ4n) is 3.07. The molecule has 19 heavy (non-hydrogen) atoms. The Morgan fingerprint density at radius 2 is 1.63 bits per heavy atom. The normalized spacial score (nSPS) is 11.8. The number of hydrogen-bond acceptors (Lipinski definition) is 2. The van der Waals surface area contributed by atoms with Crippen LogP contribution in [0.25, 0.3) is 0 Å². The second-order valence-corrected chi connectivity index (χ2v) is 12.5. The van der Waals surface area contributed by atoms with Crippen molar-refractivity contribution < 1.29 is 4.79 Å². The third kappa shape index (κ3) is 3.37. The molecule has 1 aromatic heterocycles. The molecule has 0 N–H and O–H groups in total. The summed E-state index contributed by atoms with van der Waals surface area (Å²) < 4.78 is 0. The molecule has 0 aromatic carbocycles. The Kier molecular flexibility index (Phi) is 5.58. The van der Waals surface area contributed by atoms with Gasteiger partial charge in [-0.15, -0.1) is 16.9 Å². The van der Waals surface area contributed by atoms with E-state index in [1.54, 1.807) is 0 Å². The summed E-state index contributed by atoms with van der Waals surface area (Å²) in [6.07, 6.45) is 0. The standard InChI is InChI=1S/C16H24OSSi/c1-12(2)19(13(3)4,14(5)6)11-9-15(17)16-8-7-10-18-16/h7-8,10,12-14H,1-6H3. The predicted molar refractivity (Wildman–Crippen MR) is 87.5 cm³/mol. The number of carbonyl (C=O) groups excluding carboxylic acids is 1. The van der Waals surface area contributed by atoms with Gasteiger partial charge in [0.15, 0.2) is 0 Å². The van der Waals surface area contributed by atoms with Crippen molar-refractivity contribution in [2.75, 3.05) is 0 Å². The van der Waals surface area contributed by atoms with E-state index in [9.17, 15) is 4.79 Å². The Labute approximate surface area is 122 Å². The summed E-state index contributed by atoms with van der Waals surface area (Å²) in [4.78, 5) is 12.8. The van der Waals surface area contributed by atoms with Crippen molar-refractivity contribution in [1.82, 2.24) is 0 Å². The Bertz CT molecular complexity index is 453. The van der Waals surface area contributed by atoms with Gasteiger partial charge >= 0.3 is 0 Å². The van der Waals surface area contributed by atoms with Crippen molar-refractivity contribution in [2.45, 2.75) is 58.2 Å². The molecule has 3 heteroatoms. The summed E-state index contributed by atoms with van der Waals surface area (Å²) in [6.45, 7) is 13.6. The van der Waals surface area contributed by atoms with Crippen molar-refractivity contribution >= 4 is 25.2 Å². The van der Waals surface area contributed by atoms with Crippen LogP contribution in [0.5, 0.6) is 0 Å². The van der Waals surface area contributed by atoms with Gasteiger partial charge in [-0.2, -0.15) is 0 Å². The van der Waals surface area contributed by atoms with E-state index in [-0.39, 0.29) is 5.78 Å². The van der Waals surface area contributed by atoms with Gasteiger partial charge < -0.3 is 0 Å². The molecule has 0 fully saturated rings. The lowest BCUT2D eigenvalue weighted by Crippen LogP contribution is -2.43. The molecule has 0 radical (unpaired) electrons.